The summed E-state index contributed by atoms with van der Waals surface area (Å²) < 4.78 is 39.5. The second kappa shape index (κ2) is 6.98. The summed E-state index contributed by atoms with van der Waals surface area (Å²) in [7, 11) is 0. The third-order valence-corrected chi connectivity index (χ3v) is 4.30. The van der Waals surface area contributed by atoms with Gasteiger partial charge in [-0.15, -0.1) is 11.3 Å². The van der Waals surface area contributed by atoms with Crippen LogP contribution >= 0.6 is 27.3 Å². The first-order valence-corrected chi connectivity index (χ1v) is 7.77. The molecule has 1 aromatic heterocycles. The van der Waals surface area contributed by atoms with Crippen LogP contribution in [0.25, 0.3) is 6.08 Å². The lowest BCUT2D eigenvalue weighted by Crippen LogP contribution is -2.17. The quantitative estimate of drug-likeness (QED) is 0.577. The molecule has 0 aliphatic carbocycles. The van der Waals surface area contributed by atoms with Crippen molar-refractivity contribution in [3.05, 3.63) is 56.2 Å². The summed E-state index contributed by atoms with van der Waals surface area (Å²) in [6.45, 7) is 0. The molecular formula is C15H8BrF3N2OS. The van der Waals surface area contributed by atoms with Crippen LogP contribution in [0, 0.1) is 11.3 Å². The van der Waals surface area contributed by atoms with Crippen LogP contribution in [-0.2, 0) is 11.0 Å². The number of hydrogen-bond donors (Lipinski definition) is 1. The molecule has 0 bridgehead atoms. The lowest BCUT2D eigenvalue weighted by atomic mass is 10.1. The molecule has 1 aromatic carbocycles. The number of nitriles is 1. The molecule has 0 atom stereocenters. The lowest BCUT2D eigenvalue weighted by Gasteiger charge is -2.13. The fourth-order valence-corrected chi connectivity index (χ4v) is 3.09. The van der Waals surface area contributed by atoms with Crippen LogP contribution in [0.2, 0.25) is 0 Å². The molecular weight excluding hydrogens is 393 g/mol. The third kappa shape index (κ3) is 4.43. The van der Waals surface area contributed by atoms with Gasteiger partial charge in [0.25, 0.3) is 5.91 Å². The molecule has 0 spiro atoms. The Kier molecular flexibility index (Phi) is 5.23. The van der Waals surface area contributed by atoms with Gasteiger partial charge in [0.2, 0.25) is 0 Å². The van der Waals surface area contributed by atoms with Crippen LogP contribution in [0.5, 0.6) is 0 Å². The standard InChI is InChI=1S/C15H8BrF3N2OS/c16-13-6-5-10(23-13)7-9(8-20)14(22)21-12-4-2-1-3-11(12)15(17,18)19/h1-7H,(H,21,22)/b9-7+. The van der Waals surface area contributed by atoms with Crippen molar-refractivity contribution in [1.29, 1.82) is 5.26 Å². The monoisotopic (exact) mass is 400 g/mol. The van der Waals surface area contributed by atoms with E-state index >= 15 is 0 Å². The number of thiophene rings is 1. The number of amides is 1. The minimum absolute atomic E-state index is 0.281. The van der Waals surface area contributed by atoms with Crippen molar-refractivity contribution in [3.8, 4) is 6.07 Å². The van der Waals surface area contributed by atoms with Crippen molar-refractivity contribution >= 4 is 44.9 Å². The molecule has 0 fully saturated rings. The molecule has 3 nitrogen and oxygen atoms in total. The van der Waals surface area contributed by atoms with E-state index in [-0.39, 0.29) is 5.57 Å². The molecule has 0 unspecified atom stereocenters. The van der Waals surface area contributed by atoms with Crippen LogP contribution in [-0.4, -0.2) is 5.91 Å². The van der Waals surface area contributed by atoms with Crippen LogP contribution in [0.4, 0.5) is 18.9 Å². The number of nitrogens with zero attached hydrogens (tertiary/aromatic N) is 1. The Bertz CT molecular complexity index is 806. The number of halogens is 4. The molecule has 2 rings (SSSR count). The van der Waals surface area contributed by atoms with Crippen molar-refractivity contribution < 1.29 is 18.0 Å². The second-order valence-electron chi connectivity index (χ2n) is 4.31. The van der Waals surface area contributed by atoms with Crippen LogP contribution in [0.1, 0.15) is 10.4 Å². The van der Waals surface area contributed by atoms with Crippen LogP contribution in [0.15, 0.2) is 45.8 Å². The predicted molar refractivity (Wildman–Crippen MR) is 85.7 cm³/mol. The number of rotatable bonds is 3. The summed E-state index contributed by atoms with van der Waals surface area (Å²) >= 11 is 4.54. The molecule has 118 valence electrons. The van der Waals surface area contributed by atoms with E-state index in [2.05, 4.69) is 21.2 Å². The number of para-hydroxylation sites is 1. The molecule has 0 radical (unpaired) electrons. The van der Waals surface area contributed by atoms with Crippen molar-refractivity contribution in [3.63, 3.8) is 0 Å². The van der Waals surface area contributed by atoms with Crippen LogP contribution < -0.4 is 5.32 Å². The highest BCUT2D eigenvalue weighted by Gasteiger charge is 2.33. The van der Waals surface area contributed by atoms with Gasteiger partial charge in [-0.2, -0.15) is 18.4 Å². The summed E-state index contributed by atoms with van der Waals surface area (Å²) in [5.41, 5.74) is -1.64. The van der Waals surface area contributed by atoms with Gasteiger partial charge in [0.05, 0.1) is 15.0 Å². The Morgan fingerprint density at radius 2 is 1.96 bits per heavy atom. The van der Waals surface area contributed by atoms with Crippen molar-refractivity contribution in [2.45, 2.75) is 6.18 Å². The summed E-state index contributed by atoms with van der Waals surface area (Å²) in [5.74, 6) is -0.895. The summed E-state index contributed by atoms with van der Waals surface area (Å²) in [6, 6.07) is 9.72. The zero-order valence-electron chi connectivity index (χ0n) is 11.3. The van der Waals surface area contributed by atoms with E-state index in [1.165, 1.54) is 29.5 Å². The fraction of sp³-hybridized carbons (Fsp3) is 0.0667. The molecule has 2 aromatic rings. The van der Waals surface area contributed by atoms with Gasteiger partial charge in [-0.05, 0) is 46.3 Å². The molecule has 0 saturated carbocycles. The highest BCUT2D eigenvalue weighted by molar-refractivity contribution is 9.11. The topological polar surface area (TPSA) is 52.9 Å². The molecule has 1 amide bonds. The molecule has 23 heavy (non-hydrogen) atoms. The average molecular weight is 401 g/mol. The van der Waals surface area contributed by atoms with Crippen molar-refractivity contribution in [1.82, 2.24) is 0 Å². The highest BCUT2D eigenvalue weighted by atomic mass is 79.9. The van der Waals surface area contributed by atoms with E-state index in [0.717, 1.165) is 15.9 Å². The Hall–Kier alpha value is -2.11. The van der Waals surface area contributed by atoms with Gasteiger partial charge in [0.1, 0.15) is 11.6 Å². The van der Waals surface area contributed by atoms with Gasteiger partial charge in [-0.3, -0.25) is 4.79 Å². The zero-order chi connectivity index (χ0) is 17.0. The second-order valence-corrected chi connectivity index (χ2v) is 6.80. The number of nitrogens with one attached hydrogen (secondary N) is 1. The summed E-state index contributed by atoms with van der Waals surface area (Å²) in [5, 5.41) is 11.2. The molecule has 1 N–H and O–H groups in total. The number of benzene rings is 1. The lowest BCUT2D eigenvalue weighted by molar-refractivity contribution is -0.136. The van der Waals surface area contributed by atoms with Crippen molar-refractivity contribution in [2.75, 3.05) is 5.32 Å². The number of anilines is 1. The number of alkyl halides is 3. The first-order valence-electron chi connectivity index (χ1n) is 6.16. The first-order chi connectivity index (χ1) is 10.8. The molecule has 0 aliphatic rings. The SMILES string of the molecule is N#C/C(=C\c1ccc(Br)s1)C(=O)Nc1ccccc1C(F)(F)F. The molecule has 1 heterocycles. The summed E-state index contributed by atoms with van der Waals surface area (Å²) in [4.78, 5) is 12.7. The van der Waals surface area contributed by atoms with E-state index in [1.807, 2.05) is 0 Å². The number of hydrogen-bond acceptors (Lipinski definition) is 3. The first kappa shape index (κ1) is 17.2. The highest BCUT2D eigenvalue weighted by Crippen LogP contribution is 2.34. The zero-order valence-corrected chi connectivity index (χ0v) is 13.7. The maximum Gasteiger partial charge on any atom is 0.418 e. The number of carbonyl (C=O) groups excluding carboxylic acids is 1. The Balaban J connectivity index is 2.28. The Morgan fingerprint density at radius 1 is 1.26 bits per heavy atom. The van der Waals surface area contributed by atoms with E-state index in [1.54, 1.807) is 18.2 Å². The summed E-state index contributed by atoms with van der Waals surface area (Å²) in [6.07, 6.45) is -3.28. The molecule has 0 aliphatic heterocycles. The third-order valence-electron chi connectivity index (χ3n) is 2.73. The van der Waals surface area contributed by atoms with Gasteiger partial charge in [0, 0.05) is 4.88 Å². The normalized spacial score (nSPS) is 11.9. The molecule has 0 saturated heterocycles. The van der Waals surface area contributed by atoms with Crippen LogP contribution in [0.3, 0.4) is 0 Å². The van der Waals surface area contributed by atoms with Gasteiger partial charge < -0.3 is 5.32 Å². The molecule has 8 heteroatoms. The smallest absolute Gasteiger partial charge is 0.321 e. The van der Waals surface area contributed by atoms with Gasteiger partial charge in [-0.25, -0.2) is 0 Å². The van der Waals surface area contributed by atoms with Gasteiger partial charge in [0.15, 0.2) is 0 Å². The minimum atomic E-state index is -4.60. The number of carbonyl (C=O) groups is 1. The fourth-order valence-electron chi connectivity index (χ4n) is 1.73. The predicted octanol–water partition coefficient (Wildman–Crippen LogP) is 5.08. The maximum absolute atomic E-state index is 12.9. The van der Waals surface area contributed by atoms with Crippen molar-refractivity contribution in [2.24, 2.45) is 0 Å². The van der Waals surface area contributed by atoms with Gasteiger partial charge in [-0.1, -0.05) is 12.1 Å². The van der Waals surface area contributed by atoms with E-state index in [9.17, 15) is 18.0 Å². The minimum Gasteiger partial charge on any atom is -0.321 e. The average Bonchev–Trinajstić information content (AvgIpc) is 2.89. The van der Waals surface area contributed by atoms with E-state index < -0.39 is 23.3 Å². The van der Waals surface area contributed by atoms with Gasteiger partial charge >= 0.3 is 6.18 Å². The Morgan fingerprint density at radius 3 is 2.52 bits per heavy atom. The maximum atomic E-state index is 12.9. The largest absolute Gasteiger partial charge is 0.418 e. The van der Waals surface area contributed by atoms with E-state index in [4.69, 9.17) is 5.26 Å². The Labute approximate surface area is 142 Å². The van der Waals surface area contributed by atoms with E-state index in [0.29, 0.717) is 4.88 Å².